The molecular weight excluding hydrogens is 194 g/mol. The minimum absolute atomic E-state index is 0.506. The summed E-state index contributed by atoms with van der Waals surface area (Å²) in [4.78, 5) is 0. The summed E-state index contributed by atoms with van der Waals surface area (Å²) < 4.78 is 26.0. The minimum Gasteiger partial charge on any atom is -0.204 e. The van der Waals surface area contributed by atoms with Gasteiger partial charge in [-0.1, -0.05) is 44.7 Å². The Kier molecular flexibility index (Phi) is 5.30. The van der Waals surface area contributed by atoms with Crippen LogP contribution in [0.5, 0.6) is 0 Å². The first-order valence-corrected chi connectivity index (χ1v) is 5.68. The van der Waals surface area contributed by atoms with Crippen molar-refractivity contribution < 1.29 is 8.78 Å². The maximum Gasteiger partial charge on any atom is 0.162 e. The topological polar surface area (TPSA) is 0 Å². The van der Waals surface area contributed by atoms with Gasteiger partial charge in [0.1, 0.15) is 0 Å². The van der Waals surface area contributed by atoms with E-state index in [1.165, 1.54) is 19.3 Å². The Labute approximate surface area is 90.3 Å². The van der Waals surface area contributed by atoms with Gasteiger partial charge in [0, 0.05) is 0 Å². The Hall–Kier alpha value is -0.920. The molecule has 0 spiro atoms. The second kappa shape index (κ2) is 6.54. The average Bonchev–Trinajstić information content (AvgIpc) is 2.24. The van der Waals surface area contributed by atoms with Crippen LogP contribution in [-0.2, 0) is 6.42 Å². The third kappa shape index (κ3) is 3.98. The average molecular weight is 212 g/mol. The maximum atomic E-state index is 13.2. The van der Waals surface area contributed by atoms with E-state index in [1.807, 2.05) is 0 Å². The Balaban J connectivity index is 2.34. The first-order chi connectivity index (χ1) is 7.25. The molecule has 0 aromatic heterocycles. The molecule has 0 saturated heterocycles. The summed E-state index contributed by atoms with van der Waals surface area (Å²) in [7, 11) is 0. The summed E-state index contributed by atoms with van der Waals surface area (Å²) in [6.07, 6.45) is 6.31. The molecule has 0 nitrogen and oxygen atoms in total. The van der Waals surface area contributed by atoms with E-state index in [1.54, 1.807) is 12.1 Å². The molecule has 0 saturated carbocycles. The molecule has 0 atom stereocenters. The van der Waals surface area contributed by atoms with E-state index in [2.05, 4.69) is 6.92 Å². The summed E-state index contributed by atoms with van der Waals surface area (Å²) in [5.41, 5.74) is 0.506. The van der Waals surface area contributed by atoms with E-state index >= 15 is 0 Å². The third-order valence-corrected chi connectivity index (χ3v) is 2.58. The fraction of sp³-hybridized carbons (Fsp3) is 0.538. The van der Waals surface area contributed by atoms with Gasteiger partial charge in [-0.15, -0.1) is 0 Å². The summed E-state index contributed by atoms with van der Waals surface area (Å²) in [5.74, 6) is -1.41. The van der Waals surface area contributed by atoms with Gasteiger partial charge in [0.25, 0.3) is 0 Å². The number of unbranched alkanes of at least 4 members (excludes halogenated alkanes) is 4. The fourth-order valence-corrected chi connectivity index (χ4v) is 1.66. The Morgan fingerprint density at radius 3 is 2.47 bits per heavy atom. The predicted octanol–water partition coefficient (Wildman–Crippen LogP) is 4.48. The number of hydrogen-bond donors (Lipinski definition) is 0. The number of benzene rings is 1. The monoisotopic (exact) mass is 212 g/mol. The molecule has 15 heavy (non-hydrogen) atoms. The highest BCUT2D eigenvalue weighted by molar-refractivity contribution is 5.18. The van der Waals surface area contributed by atoms with Gasteiger partial charge < -0.3 is 0 Å². The third-order valence-electron chi connectivity index (χ3n) is 2.58. The van der Waals surface area contributed by atoms with Crippen LogP contribution in [0.4, 0.5) is 8.78 Å². The summed E-state index contributed by atoms with van der Waals surface area (Å²) in [5, 5.41) is 0. The molecule has 0 aliphatic carbocycles. The highest BCUT2D eigenvalue weighted by Crippen LogP contribution is 2.14. The summed E-state index contributed by atoms with van der Waals surface area (Å²) >= 11 is 0. The smallest absolute Gasteiger partial charge is 0.162 e. The van der Waals surface area contributed by atoms with Gasteiger partial charge in [-0.05, 0) is 24.5 Å². The van der Waals surface area contributed by atoms with Crippen molar-refractivity contribution in [1.82, 2.24) is 0 Å². The SMILES string of the molecule is CCCCCCCc1cccc(F)c1F. The zero-order chi connectivity index (χ0) is 11.1. The van der Waals surface area contributed by atoms with E-state index in [0.717, 1.165) is 18.9 Å². The van der Waals surface area contributed by atoms with Crippen LogP contribution in [-0.4, -0.2) is 0 Å². The van der Waals surface area contributed by atoms with Crippen molar-refractivity contribution in [3.63, 3.8) is 0 Å². The number of rotatable bonds is 6. The van der Waals surface area contributed by atoms with E-state index in [9.17, 15) is 8.78 Å². The lowest BCUT2D eigenvalue weighted by atomic mass is 10.1. The molecule has 0 heterocycles. The minimum atomic E-state index is -0.735. The first-order valence-electron chi connectivity index (χ1n) is 5.68. The van der Waals surface area contributed by atoms with Gasteiger partial charge in [0.15, 0.2) is 11.6 Å². The van der Waals surface area contributed by atoms with Crippen LogP contribution < -0.4 is 0 Å². The molecule has 1 aromatic rings. The molecule has 2 heteroatoms. The molecule has 1 aromatic carbocycles. The molecule has 1 rings (SSSR count). The van der Waals surface area contributed by atoms with E-state index in [-0.39, 0.29) is 0 Å². The fourth-order valence-electron chi connectivity index (χ4n) is 1.66. The lowest BCUT2D eigenvalue weighted by Gasteiger charge is -2.03. The van der Waals surface area contributed by atoms with Crippen LogP contribution in [0.1, 0.15) is 44.6 Å². The van der Waals surface area contributed by atoms with Crippen molar-refractivity contribution in [2.45, 2.75) is 45.4 Å². The van der Waals surface area contributed by atoms with Crippen LogP contribution in [0.3, 0.4) is 0 Å². The highest BCUT2D eigenvalue weighted by Gasteiger charge is 2.06. The second-order valence-corrected chi connectivity index (χ2v) is 3.88. The normalized spacial score (nSPS) is 10.6. The van der Waals surface area contributed by atoms with Crippen LogP contribution in [0.25, 0.3) is 0 Å². The van der Waals surface area contributed by atoms with Crippen LogP contribution in [0.2, 0.25) is 0 Å². The molecular formula is C13H18F2. The predicted molar refractivity (Wildman–Crippen MR) is 58.8 cm³/mol. The van der Waals surface area contributed by atoms with Gasteiger partial charge in [-0.2, -0.15) is 0 Å². The molecule has 0 fully saturated rings. The van der Waals surface area contributed by atoms with Crippen molar-refractivity contribution in [1.29, 1.82) is 0 Å². The van der Waals surface area contributed by atoms with Crippen LogP contribution >= 0.6 is 0 Å². The second-order valence-electron chi connectivity index (χ2n) is 3.88. The van der Waals surface area contributed by atoms with Crippen LogP contribution in [0, 0.1) is 11.6 Å². The number of aryl methyl sites for hydroxylation is 1. The quantitative estimate of drug-likeness (QED) is 0.610. The van der Waals surface area contributed by atoms with Gasteiger partial charge in [-0.25, -0.2) is 8.78 Å². The molecule has 0 amide bonds. The summed E-state index contributed by atoms with van der Waals surface area (Å²) in [6, 6.07) is 4.40. The van der Waals surface area contributed by atoms with Crippen LogP contribution in [0.15, 0.2) is 18.2 Å². The molecule has 0 aliphatic heterocycles. The van der Waals surface area contributed by atoms with Crippen molar-refractivity contribution in [3.05, 3.63) is 35.4 Å². The van der Waals surface area contributed by atoms with E-state index in [4.69, 9.17) is 0 Å². The van der Waals surface area contributed by atoms with Crippen molar-refractivity contribution >= 4 is 0 Å². The maximum absolute atomic E-state index is 13.2. The van der Waals surface area contributed by atoms with Gasteiger partial charge >= 0.3 is 0 Å². The molecule has 0 radical (unpaired) electrons. The molecule has 84 valence electrons. The first kappa shape index (κ1) is 12.2. The standard InChI is InChI=1S/C13H18F2/c1-2-3-4-5-6-8-11-9-7-10-12(14)13(11)15/h7,9-10H,2-6,8H2,1H3. The molecule has 0 N–H and O–H groups in total. The Bertz CT molecular complexity index is 295. The van der Waals surface area contributed by atoms with E-state index in [0.29, 0.717) is 12.0 Å². The van der Waals surface area contributed by atoms with Gasteiger partial charge in [0.05, 0.1) is 0 Å². The number of hydrogen-bond acceptors (Lipinski definition) is 0. The largest absolute Gasteiger partial charge is 0.204 e. The van der Waals surface area contributed by atoms with Gasteiger partial charge in [-0.3, -0.25) is 0 Å². The zero-order valence-electron chi connectivity index (χ0n) is 9.23. The van der Waals surface area contributed by atoms with Crippen molar-refractivity contribution in [3.8, 4) is 0 Å². The van der Waals surface area contributed by atoms with Gasteiger partial charge in [0.2, 0.25) is 0 Å². The summed E-state index contributed by atoms with van der Waals surface area (Å²) in [6.45, 7) is 2.16. The lowest BCUT2D eigenvalue weighted by Crippen LogP contribution is -1.94. The Morgan fingerprint density at radius 1 is 1.00 bits per heavy atom. The Morgan fingerprint density at radius 2 is 1.73 bits per heavy atom. The van der Waals surface area contributed by atoms with Crippen molar-refractivity contribution in [2.24, 2.45) is 0 Å². The van der Waals surface area contributed by atoms with E-state index < -0.39 is 11.6 Å². The van der Waals surface area contributed by atoms with Crippen molar-refractivity contribution in [2.75, 3.05) is 0 Å². The highest BCUT2D eigenvalue weighted by atomic mass is 19.2. The number of halogens is 2. The molecule has 0 unspecified atom stereocenters. The molecule has 0 aliphatic rings. The zero-order valence-corrected chi connectivity index (χ0v) is 9.23. The lowest BCUT2D eigenvalue weighted by molar-refractivity contribution is 0.495. The molecule has 0 bridgehead atoms.